The molecule has 4 rings (SSSR count). The van der Waals surface area contributed by atoms with E-state index in [1.165, 1.54) is 11.1 Å². The summed E-state index contributed by atoms with van der Waals surface area (Å²) in [5, 5.41) is 3.48. The number of rotatable bonds is 1. The third-order valence-corrected chi connectivity index (χ3v) is 3.52. The SMILES string of the molecule is c1coc(C2NCCc3cc4c(cc32)OCO4)c1. The molecule has 2 aliphatic rings. The van der Waals surface area contributed by atoms with Crippen LogP contribution in [0.5, 0.6) is 11.5 Å². The lowest BCUT2D eigenvalue weighted by Crippen LogP contribution is -2.30. The third kappa shape index (κ3) is 1.42. The van der Waals surface area contributed by atoms with E-state index < -0.39 is 0 Å². The van der Waals surface area contributed by atoms with Crippen LogP contribution in [0.2, 0.25) is 0 Å². The predicted octanol–water partition coefficient (Wildman–Crippen LogP) is 2.24. The Morgan fingerprint density at radius 3 is 2.89 bits per heavy atom. The van der Waals surface area contributed by atoms with Crippen LogP contribution in [-0.4, -0.2) is 13.3 Å². The second-order valence-corrected chi connectivity index (χ2v) is 4.56. The first-order valence-electron chi connectivity index (χ1n) is 6.11. The van der Waals surface area contributed by atoms with Crippen LogP contribution in [0.15, 0.2) is 34.9 Å². The minimum atomic E-state index is 0.109. The van der Waals surface area contributed by atoms with Gasteiger partial charge in [0.15, 0.2) is 11.5 Å². The Bertz CT molecular complexity index is 577. The molecule has 0 aliphatic carbocycles. The monoisotopic (exact) mass is 243 g/mol. The quantitative estimate of drug-likeness (QED) is 0.834. The van der Waals surface area contributed by atoms with Crippen LogP contribution in [0.25, 0.3) is 0 Å². The molecule has 4 nitrogen and oxygen atoms in total. The van der Waals surface area contributed by atoms with E-state index in [9.17, 15) is 0 Å². The summed E-state index contributed by atoms with van der Waals surface area (Å²) in [7, 11) is 0. The molecule has 1 aromatic heterocycles. The maximum atomic E-state index is 5.51. The predicted molar refractivity (Wildman–Crippen MR) is 64.8 cm³/mol. The van der Waals surface area contributed by atoms with Crippen molar-refractivity contribution in [1.29, 1.82) is 0 Å². The molecule has 0 amide bonds. The molecule has 1 aromatic carbocycles. The first-order valence-corrected chi connectivity index (χ1v) is 6.11. The zero-order chi connectivity index (χ0) is 11.9. The standard InChI is InChI=1S/C14H13NO3/c1-2-11(16-5-1)14-10-7-13-12(17-8-18-13)6-9(10)3-4-15-14/h1-2,5-7,14-15H,3-4,8H2. The van der Waals surface area contributed by atoms with E-state index in [2.05, 4.69) is 17.4 Å². The fourth-order valence-electron chi connectivity index (χ4n) is 2.66. The molecule has 1 atom stereocenters. The van der Waals surface area contributed by atoms with Crippen molar-refractivity contribution >= 4 is 0 Å². The molecule has 3 heterocycles. The van der Waals surface area contributed by atoms with Crippen molar-refractivity contribution in [2.24, 2.45) is 0 Å². The van der Waals surface area contributed by atoms with Gasteiger partial charge in [-0.3, -0.25) is 0 Å². The first-order chi connectivity index (χ1) is 8.92. The normalized spacial score (nSPS) is 20.8. The molecule has 0 spiro atoms. The van der Waals surface area contributed by atoms with Crippen molar-refractivity contribution in [3.63, 3.8) is 0 Å². The summed E-state index contributed by atoms with van der Waals surface area (Å²) in [5.41, 5.74) is 2.53. The summed E-state index contributed by atoms with van der Waals surface area (Å²) in [4.78, 5) is 0. The molecule has 2 aliphatic heterocycles. The molecule has 4 heteroatoms. The van der Waals surface area contributed by atoms with Crippen LogP contribution >= 0.6 is 0 Å². The van der Waals surface area contributed by atoms with Crippen LogP contribution in [0.3, 0.4) is 0 Å². The topological polar surface area (TPSA) is 43.6 Å². The Labute approximate surface area is 105 Å². The van der Waals surface area contributed by atoms with Gasteiger partial charge < -0.3 is 19.2 Å². The van der Waals surface area contributed by atoms with E-state index in [1.54, 1.807) is 6.26 Å². The molecule has 0 saturated carbocycles. The smallest absolute Gasteiger partial charge is 0.231 e. The summed E-state index contributed by atoms with van der Waals surface area (Å²) in [5.74, 6) is 2.62. The van der Waals surface area contributed by atoms with E-state index in [0.29, 0.717) is 6.79 Å². The summed E-state index contributed by atoms with van der Waals surface area (Å²) in [6.07, 6.45) is 2.71. The fraction of sp³-hybridized carbons (Fsp3) is 0.286. The molecule has 1 unspecified atom stereocenters. The Hall–Kier alpha value is -1.94. The molecular formula is C14H13NO3. The van der Waals surface area contributed by atoms with Crippen LogP contribution in [0.1, 0.15) is 22.9 Å². The maximum Gasteiger partial charge on any atom is 0.231 e. The van der Waals surface area contributed by atoms with Gasteiger partial charge in [-0.2, -0.15) is 0 Å². The highest BCUT2D eigenvalue weighted by Crippen LogP contribution is 2.39. The minimum absolute atomic E-state index is 0.109. The Morgan fingerprint density at radius 2 is 2.06 bits per heavy atom. The minimum Gasteiger partial charge on any atom is -0.467 e. The molecule has 1 N–H and O–H groups in total. The summed E-state index contributed by atoms with van der Waals surface area (Å²) >= 11 is 0. The van der Waals surface area contributed by atoms with E-state index in [1.807, 2.05) is 12.1 Å². The molecule has 0 bridgehead atoms. The van der Waals surface area contributed by atoms with E-state index in [4.69, 9.17) is 13.9 Å². The van der Waals surface area contributed by atoms with Gasteiger partial charge in [-0.15, -0.1) is 0 Å². The molecular weight excluding hydrogens is 230 g/mol. The maximum absolute atomic E-state index is 5.51. The van der Waals surface area contributed by atoms with Crippen molar-refractivity contribution in [1.82, 2.24) is 5.32 Å². The lowest BCUT2D eigenvalue weighted by atomic mass is 9.92. The second-order valence-electron chi connectivity index (χ2n) is 4.56. The average Bonchev–Trinajstić information content (AvgIpc) is 3.06. The van der Waals surface area contributed by atoms with Crippen LogP contribution in [0.4, 0.5) is 0 Å². The first kappa shape index (κ1) is 10.0. The van der Waals surface area contributed by atoms with Crippen LogP contribution in [-0.2, 0) is 6.42 Å². The van der Waals surface area contributed by atoms with Gasteiger partial charge in [-0.05, 0) is 41.8 Å². The van der Waals surface area contributed by atoms with Crippen LogP contribution in [0, 0.1) is 0 Å². The van der Waals surface area contributed by atoms with Crippen molar-refractivity contribution in [3.8, 4) is 11.5 Å². The van der Waals surface area contributed by atoms with E-state index in [0.717, 1.165) is 30.2 Å². The van der Waals surface area contributed by atoms with Crippen molar-refractivity contribution in [2.75, 3.05) is 13.3 Å². The number of hydrogen-bond donors (Lipinski definition) is 1. The fourth-order valence-corrected chi connectivity index (χ4v) is 2.66. The Morgan fingerprint density at radius 1 is 1.17 bits per heavy atom. The Balaban J connectivity index is 1.84. The van der Waals surface area contributed by atoms with Crippen molar-refractivity contribution in [3.05, 3.63) is 47.4 Å². The van der Waals surface area contributed by atoms with Crippen molar-refractivity contribution < 1.29 is 13.9 Å². The number of nitrogens with one attached hydrogen (secondary N) is 1. The average molecular weight is 243 g/mol. The number of fused-ring (bicyclic) bond motifs is 2. The van der Waals surface area contributed by atoms with E-state index >= 15 is 0 Å². The zero-order valence-corrected chi connectivity index (χ0v) is 9.81. The Kier molecular flexibility index (Phi) is 2.11. The van der Waals surface area contributed by atoms with Gasteiger partial charge in [0.2, 0.25) is 6.79 Å². The number of ether oxygens (including phenoxy) is 2. The van der Waals surface area contributed by atoms with Crippen molar-refractivity contribution in [2.45, 2.75) is 12.5 Å². The lowest BCUT2D eigenvalue weighted by Gasteiger charge is -2.25. The number of hydrogen-bond acceptors (Lipinski definition) is 4. The third-order valence-electron chi connectivity index (χ3n) is 3.52. The summed E-state index contributed by atoms with van der Waals surface area (Å²) < 4.78 is 16.4. The van der Waals surface area contributed by atoms with Gasteiger partial charge in [0.25, 0.3) is 0 Å². The zero-order valence-electron chi connectivity index (χ0n) is 9.81. The van der Waals surface area contributed by atoms with E-state index in [-0.39, 0.29) is 6.04 Å². The summed E-state index contributed by atoms with van der Waals surface area (Å²) in [6.45, 7) is 1.26. The highest BCUT2D eigenvalue weighted by molar-refractivity contribution is 5.51. The van der Waals surface area contributed by atoms with Gasteiger partial charge >= 0.3 is 0 Å². The molecule has 2 aromatic rings. The summed E-state index contributed by atoms with van der Waals surface area (Å²) in [6, 6.07) is 8.18. The molecule has 0 radical (unpaired) electrons. The number of furan rings is 1. The van der Waals surface area contributed by atoms with Gasteiger partial charge in [0.1, 0.15) is 5.76 Å². The van der Waals surface area contributed by atoms with Gasteiger partial charge in [0.05, 0.1) is 12.3 Å². The van der Waals surface area contributed by atoms with Gasteiger partial charge in [-0.25, -0.2) is 0 Å². The van der Waals surface area contributed by atoms with Gasteiger partial charge in [0, 0.05) is 6.54 Å². The highest BCUT2D eigenvalue weighted by Gasteiger charge is 2.27. The molecule has 0 fully saturated rings. The molecule has 18 heavy (non-hydrogen) atoms. The lowest BCUT2D eigenvalue weighted by molar-refractivity contribution is 0.174. The van der Waals surface area contributed by atoms with Crippen LogP contribution < -0.4 is 14.8 Å². The second kappa shape index (κ2) is 3.78. The largest absolute Gasteiger partial charge is 0.467 e. The molecule has 0 saturated heterocycles. The van der Waals surface area contributed by atoms with Gasteiger partial charge in [-0.1, -0.05) is 0 Å². The number of benzene rings is 1. The molecule has 92 valence electrons. The highest BCUT2D eigenvalue weighted by atomic mass is 16.7.